The third-order valence-corrected chi connectivity index (χ3v) is 2.82. The molecule has 1 heterocycles. The Bertz CT molecular complexity index is 523. The number of nitrogens with one attached hydrogen (secondary N) is 1. The van der Waals surface area contributed by atoms with Crippen molar-refractivity contribution in [3.63, 3.8) is 0 Å². The van der Waals surface area contributed by atoms with Crippen molar-refractivity contribution in [1.29, 1.82) is 0 Å². The molecule has 18 heavy (non-hydrogen) atoms. The van der Waals surface area contributed by atoms with E-state index in [-0.39, 0.29) is 0 Å². The largest absolute Gasteiger partial charge is 0.439 e. The van der Waals surface area contributed by atoms with Gasteiger partial charge < -0.3 is 10.1 Å². The maximum absolute atomic E-state index is 5.76. The van der Waals surface area contributed by atoms with Gasteiger partial charge in [0.25, 0.3) is 0 Å². The van der Waals surface area contributed by atoms with Crippen molar-refractivity contribution in [3.05, 3.63) is 41.7 Å². The van der Waals surface area contributed by atoms with Crippen LogP contribution in [0.15, 0.2) is 30.6 Å². The minimum atomic E-state index is 0.582. The highest BCUT2D eigenvalue weighted by Gasteiger charge is 2.07. The number of aryl methyl sites for hydroxylation is 1. The van der Waals surface area contributed by atoms with E-state index in [4.69, 9.17) is 4.74 Å². The van der Waals surface area contributed by atoms with Gasteiger partial charge in [-0.15, -0.1) is 0 Å². The molecule has 0 aliphatic rings. The van der Waals surface area contributed by atoms with Gasteiger partial charge in [0.2, 0.25) is 5.88 Å². The number of aromatic nitrogens is 2. The monoisotopic (exact) mass is 243 g/mol. The fraction of sp³-hybridized carbons (Fsp3) is 0.286. The van der Waals surface area contributed by atoms with E-state index in [9.17, 15) is 0 Å². The summed E-state index contributed by atoms with van der Waals surface area (Å²) >= 11 is 0. The second kappa shape index (κ2) is 5.49. The van der Waals surface area contributed by atoms with Gasteiger partial charge >= 0.3 is 0 Å². The highest BCUT2D eigenvalue weighted by Crippen LogP contribution is 2.25. The van der Waals surface area contributed by atoms with Gasteiger partial charge in [0.15, 0.2) is 0 Å². The minimum absolute atomic E-state index is 0.582. The van der Waals surface area contributed by atoms with Crippen LogP contribution < -0.4 is 10.1 Å². The van der Waals surface area contributed by atoms with Crippen LogP contribution in [0.25, 0.3) is 0 Å². The van der Waals surface area contributed by atoms with E-state index in [0.717, 1.165) is 23.6 Å². The van der Waals surface area contributed by atoms with Crippen molar-refractivity contribution in [2.75, 3.05) is 12.4 Å². The first kappa shape index (κ1) is 12.4. The predicted octanol–water partition coefficient (Wildman–Crippen LogP) is 3.18. The van der Waals surface area contributed by atoms with Gasteiger partial charge in [-0.2, -0.15) is 0 Å². The Labute approximate surface area is 107 Å². The number of rotatable bonds is 4. The lowest BCUT2D eigenvalue weighted by atomic mass is 10.2. The molecule has 0 saturated carbocycles. The van der Waals surface area contributed by atoms with Gasteiger partial charge in [0.1, 0.15) is 17.9 Å². The van der Waals surface area contributed by atoms with Crippen molar-refractivity contribution in [2.45, 2.75) is 20.3 Å². The zero-order valence-corrected chi connectivity index (χ0v) is 10.9. The van der Waals surface area contributed by atoms with Crippen LogP contribution in [0.3, 0.4) is 0 Å². The summed E-state index contributed by atoms with van der Waals surface area (Å²) in [6.45, 7) is 4.06. The molecule has 0 unspecified atom stereocenters. The molecular formula is C14H17N3O. The summed E-state index contributed by atoms with van der Waals surface area (Å²) in [7, 11) is 1.83. The Morgan fingerprint density at radius 3 is 2.50 bits per heavy atom. The normalized spacial score (nSPS) is 10.2. The molecule has 0 fully saturated rings. The van der Waals surface area contributed by atoms with Crippen molar-refractivity contribution in [2.24, 2.45) is 0 Å². The SMILES string of the molecule is CCc1ccc(Oc2ncnc(NC)c2C)cc1. The molecule has 94 valence electrons. The van der Waals surface area contributed by atoms with Crippen molar-refractivity contribution in [3.8, 4) is 11.6 Å². The molecule has 0 aliphatic heterocycles. The number of hydrogen-bond acceptors (Lipinski definition) is 4. The molecule has 1 aromatic heterocycles. The van der Waals surface area contributed by atoms with Crippen LogP contribution in [0.5, 0.6) is 11.6 Å². The first-order valence-electron chi connectivity index (χ1n) is 6.00. The van der Waals surface area contributed by atoms with Crippen LogP contribution >= 0.6 is 0 Å². The Hall–Kier alpha value is -2.10. The van der Waals surface area contributed by atoms with Gasteiger partial charge in [-0.05, 0) is 31.0 Å². The molecule has 0 atom stereocenters. The first-order chi connectivity index (χ1) is 8.74. The van der Waals surface area contributed by atoms with Gasteiger partial charge in [-0.3, -0.25) is 0 Å². The standard InChI is InChI=1S/C14H17N3O/c1-4-11-5-7-12(8-6-11)18-14-10(2)13(15-3)16-9-17-14/h5-9H,4H2,1-3H3,(H,15,16,17). The molecule has 1 N–H and O–H groups in total. The third kappa shape index (κ3) is 2.59. The summed E-state index contributed by atoms with van der Waals surface area (Å²) in [5.41, 5.74) is 2.19. The van der Waals surface area contributed by atoms with Crippen LogP contribution in [-0.2, 0) is 6.42 Å². The first-order valence-corrected chi connectivity index (χ1v) is 6.00. The van der Waals surface area contributed by atoms with Crippen molar-refractivity contribution >= 4 is 5.82 Å². The molecular weight excluding hydrogens is 226 g/mol. The topological polar surface area (TPSA) is 47.0 Å². The van der Waals surface area contributed by atoms with Gasteiger partial charge in [0, 0.05) is 7.05 Å². The average molecular weight is 243 g/mol. The summed E-state index contributed by atoms with van der Waals surface area (Å²) in [6.07, 6.45) is 2.52. The van der Waals surface area contributed by atoms with Crippen LogP contribution in [0.4, 0.5) is 5.82 Å². The lowest BCUT2D eigenvalue weighted by molar-refractivity contribution is 0.457. The van der Waals surface area contributed by atoms with Crippen LogP contribution in [0.1, 0.15) is 18.1 Å². The molecule has 4 nitrogen and oxygen atoms in total. The molecule has 0 radical (unpaired) electrons. The number of anilines is 1. The van der Waals surface area contributed by atoms with E-state index < -0.39 is 0 Å². The molecule has 0 spiro atoms. The molecule has 2 rings (SSSR count). The highest BCUT2D eigenvalue weighted by atomic mass is 16.5. The Morgan fingerprint density at radius 2 is 1.89 bits per heavy atom. The maximum atomic E-state index is 5.76. The summed E-state index contributed by atoms with van der Waals surface area (Å²) in [5.74, 6) is 2.15. The molecule has 0 saturated heterocycles. The zero-order chi connectivity index (χ0) is 13.0. The Kier molecular flexibility index (Phi) is 3.77. The zero-order valence-electron chi connectivity index (χ0n) is 10.9. The Morgan fingerprint density at radius 1 is 1.17 bits per heavy atom. The van der Waals surface area contributed by atoms with Gasteiger partial charge in [-0.1, -0.05) is 19.1 Å². The number of hydrogen-bond donors (Lipinski definition) is 1. The third-order valence-electron chi connectivity index (χ3n) is 2.82. The number of nitrogens with zero attached hydrogens (tertiary/aromatic N) is 2. The second-order valence-electron chi connectivity index (χ2n) is 4.00. The summed E-state index contributed by atoms with van der Waals surface area (Å²) in [6, 6.07) is 8.04. The molecule has 0 aliphatic carbocycles. The van der Waals surface area contributed by atoms with Crippen molar-refractivity contribution in [1.82, 2.24) is 9.97 Å². The van der Waals surface area contributed by atoms with Crippen LogP contribution in [-0.4, -0.2) is 17.0 Å². The number of ether oxygens (including phenoxy) is 1. The van der Waals surface area contributed by atoms with Gasteiger partial charge in [0.05, 0.1) is 5.56 Å². The van der Waals surface area contributed by atoms with E-state index in [2.05, 4.69) is 34.3 Å². The average Bonchev–Trinajstić information content (AvgIpc) is 2.42. The van der Waals surface area contributed by atoms with Gasteiger partial charge in [-0.25, -0.2) is 9.97 Å². The molecule has 0 bridgehead atoms. The van der Waals surface area contributed by atoms with Crippen LogP contribution in [0.2, 0.25) is 0 Å². The summed E-state index contributed by atoms with van der Waals surface area (Å²) in [5, 5.41) is 3.01. The summed E-state index contributed by atoms with van der Waals surface area (Å²) < 4.78 is 5.76. The van der Waals surface area contributed by atoms with Crippen molar-refractivity contribution < 1.29 is 4.74 Å². The maximum Gasteiger partial charge on any atom is 0.227 e. The predicted molar refractivity (Wildman–Crippen MR) is 72.2 cm³/mol. The van der Waals surface area contributed by atoms with E-state index >= 15 is 0 Å². The van der Waals surface area contributed by atoms with E-state index in [1.54, 1.807) is 0 Å². The fourth-order valence-corrected chi connectivity index (χ4v) is 1.69. The lowest BCUT2D eigenvalue weighted by Crippen LogP contribution is -1.99. The molecule has 0 amide bonds. The van der Waals surface area contributed by atoms with Crippen LogP contribution in [0, 0.1) is 6.92 Å². The second-order valence-corrected chi connectivity index (χ2v) is 4.00. The Balaban J connectivity index is 2.22. The van der Waals surface area contributed by atoms with E-state index in [0.29, 0.717) is 5.88 Å². The molecule has 1 aromatic carbocycles. The highest BCUT2D eigenvalue weighted by molar-refractivity contribution is 5.48. The summed E-state index contributed by atoms with van der Waals surface area (Å²) in [4.78, 5) is 8.28. The minimum Gasteiger partial charge on any atom is -0.439 e. The fourth-order valence-electron chi connectivity index (χ4n) is 1.69. The quantitative estimate of drug-likeness (QED) is 0.895. The van der Waals surface area contributed by atoms with E-state index in [1.165, 1.54) is 11.9 Å². The van der Waals surface area contributed by atoms with E-state index in [1.807, 2.05) is 26.1 Å². The number of benzene rings is 1. The molecule has 2 aromatic rings. The lowest BCUT2D eigenvalue weighted by Gasteiger charge is -2.10. The molecule has 4 heteroatoms. The smallest absolute Gasteiger partial charge is 0.227 e.